The van der Waals surface area contributed by atoms with Gasteiger partial charge in [0.2, 0.25) is 5.91 Å². The number of anilines is 2. The quantitative estimate of drug-likeness (QED) is 0.541. The molecule has 0 radical (unpaired) electrons. The van der Waals surface area contributed by atoms with Crippen LogP contribution in [0.2, 0.25) is 5.02 Å². The lowest BCUT2D eigenvalue weighted by atomic mass is 10.0. The van der Waals surface area contributed by atoms with Gasteiger partial charge in [0, 0.05) is 47.2 Å². The Morgan fingerprint density at radius 2 is 1.55 bits per heavy atom. The van der Waals surface area contributed by atoms with Crippen molar-refractivity contribution >= 4 is 40.6 Å². The van der Waals surface area contributed by atoms with E-state index in [1.165, 1.54) is 4.90 Å². The lowest BCUT2D eigenvalue weighted by Crippen LogP contribution is -2.23. The summed E-state index contributed by atoms with van der Waals surface area (Å²) in [7, 11) is 3.36. The summed E-state index contributed by atoms with van der Waals surface area (Å²) in [5.74, 6) is -0.593. The van der Waals surface area contributed by atoms with Crippen molar-refractivity contribution in [2.45, 2.75) is 0 Å². The number of ketones is 1. The molecule has 7 heteroatoms. The molecule has 0 aromatic heterocycles. The van der Waals surface area contributed by atoms with E-state index < -0.39 is 0 Å². The van der Waals surface area contributed by atoms with E-state index in [1.807, 2.05) is 6.07 Å². The molecular weight excluding hydrogens is 414 g/mol. The second-order valence-corrected chi connectivity index (χ2v) is 7.50. The van der Waals surface area contributed by atoms with Crippen LogP contribution < -0.4 is 10.6 Å². The molecule has 3 rings (SSSR count). The van der Waals surface area contributed by atoms with Gasteiger partial charge in [-0.2, -0.15) is 0 Å². The summed E-state index contributed by atoms with van der Waals surface area (Å²) in [6.45, 7) is -0.0465. The van der Waals surface area contributed by atoms with E-state index in [2.05, 4.69) is 10.6 Å². The van der Waals surface area contributed by atoms with Crippen molar-refractivity contribution in [2.75, 3.05) is 31.3 Å². The zero-order valence-electron chi connectivity index (χ0n) is 17.2. The maximum atomic E-state index is 12.9. The highest BCUT2D eigenvalue weighted by Gasteiger charge is 2.15. The number of carbonyl (C=O) groups is 3. The Bertz CT molecular complexity index is 1100. The number of amides is 2. The fourth-order valence-electron chi connectivity index (χ4n) is 2.94. The highest BCUT2D eigenvalue weighted by atomic mass is 35.5. The summed E-state index contributed by atoms with van der Waals surface area (Å²) in [5, 5.41) is 6.20. The smallest absolute Gasteiger partial charge is 0.253 e. The van der Waals surface area contributed by atoms with Crippen molar-refractivity contribution in [2.24, 2.45) is 0 Å². The van der Waals surface area contributed by atoms with Crippen LogP contribution in [0.25, 0.3) is 0 Å². The van der Waals surface area contributed by atoms with Crippen LogP contribution in [0, 0.1) is 0 Å². The van der Waals surface area contributed by atoms with Gasteiger partial charge in [-0.1, -0.05) is 41.9 Å². The number of hydrogen-bond donors (Lipinski definition) is 2. The molecule has 6 nitrogen and oxygen atoms in total. The van der Waals surface area contributed by atoms with Crippen LogP contribution in [0.1, 0.15) is 26.3 Å². The number of nitrogens with zero attached hydrogens (tertiary/aromatic N) is 1. The average Bonchev–Trinajstić information content (AvgIpc) is 2.78. The first-order valence-corrected chi connectivity index (χ1v) is 9.97. The summed E-state index contributed by atoms with van der Waals surface area (Å²) in [5.41, 5.74) is 2.54. The molecule has 0 spiro atoms. The molecule has 3 aromatic rings. The average molecular weight is 436 g/mol. The first-order valence-electron chi connectivity index (χ1n) is 9.60. The van der Waals surface area contributed by atoms with Crippen molar-refractivity contribution in [3.05, 3.63) is 94.5 Å². The van der Waals surface area contributed by atoms with Crippen LogP contribution in [0.4, 0.5) is 11.4 Å². The van der Waals surface area contributed by atoms with Crippen molar-refractivity contribution < 1.29 is 14.4 Å². The van der Waals surface area contributed by atoms with Gasteiger partial charge in [0.15, 0.2) is 5.78 Å². The Morgan fingerprint density at radius 1 is 0.871 bits per heavy atom. The van der Waals surface area contributed by atoms with Crippen LogP contribution >= 0.6 is 11.6 Å². The number of rotatable bonds is 7. The summed E-state index contributed by atoms with van der Waals surface area (Å²) < 4.78 is 0. The molecule has 0 bridgehead atoms. The zero-order valence-corrected chi connectivity index (χ0v) is 17.9. The summed E-state index contributed by atoms with van der Waals surface area (Å²) >= 11 is 6.09. The SMILES string of the molecule is CN(C)C(=O)c1ccc(NC(=O)CNc2ccc(Cl)cc2C(=O)c2ccccc2)cc1. The molecule has 0 unspecified atom stereocenters. The molecule has 0 aliphatic rings. The first kappa shape index (κ1) is 22.1. The van der Waals surface area contributed by atoms with Gasteiger partial charge < -0.3 is 15.5 Å². The minimum Gasteiger partial charge on any atom is -0.376 e. The predicted molar refractivity (Wildman–Crippen MR) is 123 cm³/mol. The monoisotopic (exact) mass is 435 g/mol. The molecule has 0 saturated carbocycles. The zero-order chi connectivity index (χ0) is 22.4. The van der Waals surface area contributed by atoms with Gasteiger partial charge >= 0.3 is 0 Å². The maximum Gasteiger partial charge on any atom is 0.253 e. The summed E-state index contributed by atoms with van der Waals surface area (Å²) in [6, 6.07) is 20.4. The number of halogens is 1. The van der Waals surface area contributed by atoms with E-state index in [9.17, 15) is 14.4 Å². The molecule has 0 atom stereocenters. The van der Waals surface area contributed by atoms with Crippen LogP contribution in [-0.4, -0.2) is 43.1 Å². The van der Waals surface area contributed by atoms with E-state index in [4.69, 9.17) is 11.6 Å². The molecule has 158 valence electrons. The van der Waals surface area contributed by atoms with Crippen LogP contribution in [0.3, 0.4) is 0 Å². The second kappa shape index (κ2) is 9.91. The molecule has 0 aliphatic carbocycles. The Balaban J connectivity index is 1.67. The molecule has 0 aliphatic heterocycles. The fraction of sp³-hybridized carbons (Fsp3) is 0.125. The number of nitrogens with one attached hydrogen (secondary N) is 2. The highest BCUT2D eigenvalue weighted by Crippen LogP contribution is 2.23. The molecule has 2 amide bonds. The third-order valence-corrected chi connectivity index (χ3v) is 4.76. The third kappa shape index (κ3) is 5.71. The van der Waals surface area contributed by atoms with Crippen molar-refractivity contribution in [3.8, 4) is 0 Å². The van der Waals surface area contributed by atoms with Crippen molar-refractivity contribution in [3.63, 3.8) is 0 Å². The minimum absolute atomic E-state index is 0.0465. The van der Waals surface area contributed by atoms with E-state index in [1.54, 1.807) is 80.8 Å². The van der Waals surface area contributed by atoms with Crippen molar-refractivity contribution in [1.29, 1.82) is 0 Å². The van der Waals surface area contributed by atoms with Crippen LogP contribution in [-0.2, 0) is 4.79 Å². The number of benzene rings is 3. The van der Waals surface area contributed by atoms with Gasteiger partial charge in [-0.05, 0) is 42.5 Å². The lowest BCUT2D eigenvalue weighted by molar-refractivity contribution is -0.114. The summed E-state index contributed by atoms with van der Waals surface area (Å²) in [4.78, 5) is 38.7. The fourth-order valence-corrected chi connectivity index (χ4v) is 3.11. The Kier molecular flexibility index (Phi) is 7.05. The van der Waals surface area contributed by atoms with Gasteiger partial charge in [0.05, 0.1) is 6.54 Å². The van der Waals surface area contributed by atoms with Gasteiger partial charge in [-0.15, -0.1) is 0 Å². The first-order chi connectivity index (χ1) is 14.8. The molecule has 3 aromatic carbocycles. The number of hydrogen-bond acceptors (Lipinski definition) is 4. The normalized spacial score (nSPS) is 10.3. The standard InChI is InChI=1S/C24H22ClN3O3/c1-28(2)24(31)17-8-11-19(12-9-17)27-22(29)15-26-21-13-10-18(25)14-20(21)23(30)16-6-4-3-5-7-16/h3-14,26H,15H2,1-2H3,(H,27,29). The van der Waals surface area contributed by atoms with Gasteiger partial charge in [0.25, 0.3) is 5.91 Å². The van der Waals surface area contributed by atoms with E-state index in [-0.39, 0.29) is 24.1 Å². The van der Waals surface area contributed by atoms with E-state index >= 15 is 0 Å². The molecule has 2 N–H and O–H groups in total. The summed E-state index contributed by atoms with van der Waals surface area (Å²) in [6.07, 6.45) is 0. The van der Waals surface area contributed by atoms with Crippen LogP contribution in [0.5, 0.6) is 0 Å². The lowest BCUT2D eigenvalue weighted by Gasteiger charge is -2.13. The maximum absolute atomic E-state index is 12.9. The number of carbonyl (C=O) groups excluding carboxylic acids is 3. The van der Waals surface area contributed by atoms with E-state index in [0.29, 0.717) is 33.1 Å². The van der Waals surface area contributed by atoms with Gasteiger partial charge in [-0.25, -0.2) is 0 Å². The molecular formula is C24H22ClN3O3. The second-order valence-electron chi connectivity index (χ2n) is 7.06. The Labute approximate surface area is 185 Å². The van der Waals surface area contributed by atoms with Gasteiger partial charge in [0.1, 0.15) is 0 Å². The molecule has 31 heavy (non-hydrogen) atoms. The topological polar surface area (TPSA) is 78.5 Å². The predicted octanol–water partition coefficient (Wildman–Crippen LogP) is 4.32. The third-order valence-electron chi connectivity index (χ3n) is 4.52. The van der Waals surface area contributed by atoms with Crippen LogP contribution in [0.15, 0.2) is 72.8 Å². The van der Waals surface area contributed by atoms with Crippen molar-refractivity contribution in [1.82, 2.24) is 4.90 Å². The molecule has 0 saturated heterocycles. The highest BCUT2D eigenvalue weighted by molar-refractivity contribution is 6.31. The molecule has 0 heterocycles. The minimum atomic E-state index is -0.292. The van der Waals surface area contributed by atoms with Gasteiger partial charge in [-0.3, -0.25) is 14.4 Å². The largest absolute Gasteiger partial charge is 0.376 e. The Hall–Kier alpha value is -3.64. The Morgan fingerprint density at radius 3 is 2.19 bits per heavy atom. The molecule has 0 fully saturated rings. The van der Waals surface area contributed by atoms with E-state index in [0.717, 1.165) is 0 Å².